The first kappa shape index (κ1) is 13.9. The van der Waals surface area contributed by atoms with Crippen LogP contribution in [-0.4, -0.2) is 38.5 Å². The Hall–Kier alpha value is -2.01. The summed E-state index contributed by atoms with van der Waals surface area (Å²) in [6, 6.07) is 8.01. The summed E-state index contributed by atoms with van der Waals surface area (Å²) in [5.41, 5.74) is 2.09. The Labute approximate surface area is 124 Å². The lowest BCUT2D eigenvalue weighted by atomic mass is 10.0. The zero-order chi connectivity index (χ0) is 14.7. The molecule has 0 aliphatic carbocycles. The number of ketones is 1. The molecule has 1 aliphatic heterocycles. The van der Waals surface area contributed by atoms with Crippen LogP contribution in [0, 0.1) is 0 Å². The number of aryl methyl sites for hydroxylation is 1. The highest BCUT2D eigenvalue weighted by molar-refractivity contribution is 5.97. The van der Waals surface area contributed by atoms with Gasteiger partial charge in [-0.05, 0) is 12.0 Å². The Morgan fingerprint density at radius 2 is 2.05 bits per heavy atom. The van der Waals surface area contributed by atoms with Crippen LogP contribution in [0.5, 0.6) is 0 Å². The van der Waals surface area contributed by atoms with Gasteiger partial charge in [0.2, 0.25) is 0 Å². The van der Waals surface area contributed by atoms with Crippen molar-refractivity contribution in [3.63, 3.8) is 0 Å². The molecule has 0 amide bonds. The normalized spacial score (nSPS) is 14.9. The summed E-state index contributed by atoms with van der Waals surface area (Å²) in [7, 11) is 0. The third-order valence-corrected chi connectivity index (χ3v) is 3.90. The molecule has 0 saturated heterocycles. The first-order valence-electron chi connectivity index (χ1n) is 7.47. The molecule has 0 spiro atoms. The molecule has 5 nitrogen and oxygen atoms in total. The maximum absolute atomic E-state index is 12.3. The maximum atomic E-state index is 12.3. The molecule has 2 heterocycles. The molecule has 2 aromatic rings. The van der Waals surface area contributed by atoms with Crippen molar-refractivity contribution >= 4 is 5.78 Å². The highest BCUT2D eigenvalue weighted by atomic mass is 16.1. The minimum absolute atomic E-state index is 0.172. The lowest BCUT2D eigenvalue weighted by Crippen LogP contribution is -2.37. The molecule has 0 unspecified atom stereocenters. The zero-order valence-electron chi connectivity index (χ0n) is 12.3. The Balaban J connectivity index is 1.61. The molecule has 5 heteroatoms. The third kappa shape index (κ3) is 3.19. The van der Waals surface area contributed by atoms with Crippen molar-refractivity contribution in [2.24, 2.45) is 0 Å². The van der Waals surface area contributed by atoms with Gasteiger partial charge in [0.05, 0.1) is 13.1 Å². The summed E-state index contributed by atoms with van der Waals surface area (Å²) in [6.07, 6.45) is 3.94. The number of carbonyl (C=O) groups excluding carboxylic acids is 1. The molecule has 110 valence electrons. The molecular weight excluding hydrogens is 264 g/mol. The number of hydrogen-bond acceptors (Lipinski definition) is 4. The minimum atomic E-state index is 0.172. The van der Waals surface area contributed by atoms with E-state index in [0.717, 1.165) is 37.3 Å². The summed E-state index contributed by atoms with van der Waals surface area (Å²) in [5, 5.41) is 7.98. The van der Waals surface area contributed by atoms with Crippen LogP contribution >= 0.6 is 0 Å². The van der Waals surface area contributed by atoms with E-state index in [2.05, 4.69) is 34.2 Å². The third-order valence-electron chi connectivity index (χ3n) is 3.90. The minimum Gasteiger partial charge on any atom is -0.315 e. The Bertz CT molecular complexity index is 617. The molecule has 0 fully saturated rings. The lowest BCUT2D eigenvalue weighted by molar-refractivity contribution is 0.0908. The smallest absolute Gasteiger partial charge is 0.176 e. The van der Waals surface area contributed by atoms with Gasteiger partial charge in [0.1, 0.15) is 12.2 Å². The van der Waals surface area contributed by atoms with Crippen LogP contribution in [0.4, 0.5) is 0 Å². The lowest BCUT2D eigenvalue weighted by Gasteiger charge is -2.26. The fourth-order valence-corrected chi connectivity index (χ4v) is 2.69. The number of Topliss-reactive ketones (excluding diaryl/α,β-unsaturated/α-hetero) is 1. The number of benzene rings is 1. The van der Waals surface area contributed by atoms with Gasteiger partial charge < -0.3 is 4.57 Å². The second kappa shape index (κ2) is 6.18. The number of rotatable bonds is 5. The SMILES string of the molecule is CCCc1ccc(C(=O)CN2CCn3cnnc3C2)cc1. The predicted octanol–water partition coefficient (Wildman–Crippen LogP) is 1.93. The standard InChI is InChI=1S/C16H20N4O/c1-2-3-13-4-6-14(7-5-13)15(21)10-19-8-9-20-12-17-18-16(20)11-19/h4-7,12H,2-3,8-11H2,1H3. The van der Waals surface area contributed by atoms with Gasteiger partial charge in [-0.25, -0.2) is 0 Å². The van der Waals surface area contributed by atoms with E-state index in [-0.39, 0.29) is 5.78 Å². The second-order valence-corrected chi connectivity index (χ2v) is 5.52. The molecule has 0 bridgehead atoms. The zero-order valence-corrected chi connectivity index (χ0v) is 12.3. The number of nitrogens with zero attached hydrogens (tertiary/aromatic N) is 4. The van der Waals surface area contributed by atoms with Crippen molar-refractivity contribution in [2.75, 3.05) is 13.1 Å². The molecule has 21 heavy (non-hydrogen) atoms. The fraction of sp³-hybridized carbons (Fsp3) is 0.438. The molecule has 0 atom stereocenters. The molecule has 0 saturated carbocycles. The van der Waals surface area contributed by atoms with Crippen LogP contribution in [0.2, 0.25) is 0 Å². The van der Waals surface area contributed by atoms with Crippen LogP contribution < -0.4 is 0 Å². The second-order valence-electron chi connectivity index (χ2n) is 5.52. The fourth-order valence-electron chi connectivity index (χ4n) is 2.69. The molecule has 1 aromatic heterocycles. The van der Waals surface area contributed by atoms with E-state index in [9.17, 15) is 4.79 Å². The van der Waals surface area contributed by atoms with Crippen molar-refractivity contribution < 1.29 is 4.79 Å². The molecule has 3 rings (SSSR count). The number of aromatic nitrogens is 3. The van der Waals surface area contributed by atoms with E-state index in [1.165, 1.54) is 5.56 Å². The maximum Gasteiger partial charge on any atom is 0.176 e. The summed E-state index contributed by atoms with van der Waals surface area (Å²) >= 11 is 0. The van der Waals surface area contributed by atoms with E-state index in [0.29, 0.717) is 13.1 Å². The van der Waals surface area contributed by atoms with Crippen molar-refractivity contribution in [3.8, 4) is 0 Å². The van der Waals surface area contributed by atoms with Crippen molar-refractivity contribution in [2.45, 2.75) is 32.9 Å². The van der Waals surface area contributed by atoms with Crippen molar-refractivity contribution in [1.29, 1.82) is 0 Å². The van der Waals surface area contributed by atoms with Gasteiger partial charge in [0.15, 0.2) is 5.78 Å². The van der Waals surface area contributed by atoms with E-state index in [4.69, 9.17) is 0 Å². The van der Waals surface area contributed by atoms with E-state index in [1.54, 1.807) is 6.33 Å². The van der Waals surface area contributed by atoms with Crippen LogP contribution in [0.1, 0.15) is 35.1 Å². The van der Waals surface area contributed by atoms with Gasteiger partial charge in [0.25, 0.3) is 0 Å². The van der Waals surface area contributed by atoms with Gasteiger partial charge in [0, 0.05) is 18.7 Å². The quantitative estimate of drug-likeness (QED) is 0.787. The Morgan fingerprint density at radius 3 is 2.81 bits per heavy atom. The summed E-state index contributed by atoms with van der Waals surface area (Å²) in [6.45, 7) is 5.02. The first-order chi connectivity index (χ1) is 10.3. The molecule has 0 N–H and O–H groups in total. The van der Waals surface area contributed by atoms with Crippen LogP contribution in [0.15, 0.2) is 30.6 Å². The monoisotopic (exact) mass is 284 g/mol. The predicted molar refractivity (Wildman–Crippen MR) is 80.1 cm³/mol. The van der Waals surface area contributed by atoms with Gasteiger partial charge in [-0.1, -0.05) is 37.6 Å². The summed E-state index contributed by atoms with van der Waals surface area (Å²) < 4.78 is 2.04. The summed E-state index contributed by atoms with van der Waals surface area (Å²) in [5.74, 6) is 1.11. The average Bonchev–Trinajstić information content (AvgIpc) is 2.96. The number of fused-ring (bicyclic) bond motifs is 1. The number of hydrogen-bond donors (Lipinski definition) is 0. The highest BCUT2D eigenvalue weighted by Gasteiger charge is 2.20. The van der Waals surface area contributed by atoms with Crippen molar-refractivity contribution in [1.82, 2.24) is 19.7 Å². The Morgan fingerprint density at radius 1 is 1.24 bits per heavy atom. The Kier molecular flexibility index (Phi) is 4.10. The van der Waals surface area contributed by atoms with Crippen LogP contribution in [0.25, 0.3) is 0 Å². The molecular formula is C16H20N4O. The van der Waals surface area contributed by atoms with Gasteiger partial charge in [-0.15, -0.1) is 10.2 Å². The highest BCUT2D eigenvalue weighted by Crippen LogP contribution is 2.12. The van der Waals surface area contributed by atoms with Crippen LogP contribution in [0.3, 0.4) is 0 Å². The van der Waals surface area contributed by atoms with Crippen LogP contribution in [-0.2, 0) is 19.5 Å². The molecule has 0 radical (unpaired) electrons. The molecule has 1 aromatic carbocycles. The van der Waals surface area contributed by atoms with Gasteiger partial charge in [-0.3, -0.25) is 9.69 Å². The van der Waals surface area contributed by atoms with E-state index >= 15 is 0 Å². The van der Waals surface area contributed by atoms with E-state index in [1.807, 2.05) is 16.7 Å². The van der Waals surface area contributed by atoms with Crippen molar-refractivity contribution in [3.05, 3.63) is 47.5 Å². The largest absolute Gasteiger partial charge is 0.315 e. The number of carbonyl (C=O) groups is 1. The summed E-state index contributed by atoms with van der Waals surface area (Å²) in [4.78, 5) is 14.5. The molecule has 1 aliphatic rings. The average molecular weight is 284 g/mol. The first-order valence-corrected chi connectivity index (χ1v) is 7.47. The van der Waals surface area contributed by atoms with E-state index < -0.39 is 0 Å². The van der Waals surface area contributed by atoms with Gasteiger partial charge >= 0.3 is 0 Å². The topological polar surface area (TPSA) is 51.0 Å². The van der Waals surface area contributed by atoms with Gasteiger partial charge in [-0.2, -0.15) is 0 Å².